The molecule has 1 atom stereocenters. The Morgan fingerprint density at radius 1 is 1.03 bits per heavy atom. The molecule has 2 aromatic carbocycles. The van der Waals surface area contributed by atoms with Crippen molar-refractivity contribution in [2.75, 3.05) is 6.54 Å². The predicted octanol–water partition coefficient (Wildman–Crippen LogP) is 4.50. The number of hydrogen-bond donors (Lipinski definition) is 3. The van der Waals surface area contributed by atoms with Gasteiger partial charge in [-0.05, 0) is 35.7 Å². The van der Waals surface area contributed by atoms with E-state index in [1.165, 1.54) is 5.56 Å². The van der Waals surface area contributed by atoms with Crippen molar-refractivity contribution in [2.45, 2.75) is 19.4 Å². The molecule has 2 aromatic heterocycles. The number of nitrogens with one attached hydrogen (secondary N) is 3. The fraction of sp³-hybridized carbons (Fsp3) is 0.167. The lowest BCUT2D eigenvalue weighted by atomic mass is 9.92. The van der Waals surface area contributed by atoms with E-state index in [0.717, 1.165) is 27.6 Å². The summed E-state index contributed by atoms with van der Waals surface area (Å²) in [6.07, 6.45) is 5.64. The summed E-state index contributed by atoms with van der Waals surface area (Å²) in [5.74, 6) is 0.00461. The second-order valence-electron chi connectivity index (χ2n) is 7.18. The molecule has 0 bridgehead atoms. The minimum atomic E-state index is -0.181. The molecule has 0 aliphatic carbocycles. The van der Waals surface area contributed by atoms with Crippen LogP contribution in [0.3, 0.4) is 0 Å². The Labute approximate surface area is 170 Å². The zero-order valence-corrected chi connectivity index (χ0v) is 16.4. The number of aryl methyl sites for hydroxylation is 1. The highest BCUT2D eigenvalue weighted by Crippen LogP contribution is 2.30. The molecular formula is C24H24N4O. The molecular weight excluding hydrogens is 360 g/mol. The van der Waals surface area contributed by atoms with Crippen molar-refractivity contribution < 1.29 is 4.79 Å². The number of aromatic nitrogens is 2. The molecule has 4 aromatic rings. The van der Waals surface area contributed by atoms with Crippen LogP contribution in [-0.4, -0.2) is 22.5 Å². The van der Waals surface area contributed by atoms with Crippen LogP contribution in [0.5, 0.6) is 0 Å². The van der Waals surface area contributed by atoms with E-state index in [1.807, 2.05) is 67.8 Å². The highest BCUT2D eigenvalue weighted by Gasteiger charge is 2.19. The first kappa shape index (κ1) is 18.7. The zero-order chi connectivity index (χ0) is 20.1. The highest BCUT2D eigenvalue weighted by atomic mass is 16.2. The Hall–Kier alpha value is -3.60. The summed E-state index contributed by atoms with van der Waals surface area (Å²) in [7, 11) is 0. The third-order valence-electron chi connectivity index (χ3n) is 5.12. The Kier molecular flexibility index (Phi) is 5.56. The van der Waals surface area contributed by atoms with Crippen LogP contribution in [0.15, 0.2) is 79.3 Å². The lowest BCUT2D eigenvalue weighted by Crippen LogP contribution is -2.37. The van der Waals surface area contributed by atoms with Gasteiger partial charge in [0.15, 0.2) is 0 Å². The number of carbonyl (C=O) groups is 1. The first-order chi connectivity index (χ1) is 14.2. The number of benzene rings is 2. The lowest BCUT2D eigenvalue weighted by Gasteiger charge is -2.18. The summed E-state index contributed by atoms with van der Waals surface area (Å²) in [4.78, 5) is 20.0. The number of para-hydroxylation sites is 1. The van der Waals surface area contributed by atoms with Gasteiger partial charge >= 0.3 is 6.03 Å². The SMILES string of the molecule is Cc1ccc(CNC(=O)NC[C@@H](c2cccnc2)c2c[nH]c3ccccc23)cc1. The van der Waals surface area contributed by atoms with Gasteiger partial charge in [0.1, 0.15) is 0 Å². The maximum Gasteiger partial charge on any atom is 0.315 e. The standard InChI is InChI=1S/C24H24N4O/c1-17-8-10-18(11-9-17)13-27-24(29)28-15-21(19-5-4-12-25-14-19)22-16-26-23-7-3-2-6-20(22)23/h2-12,14,16,21,26H,13,15H2,1H3,(H2,27,28,29)/t21-/m0/s1. The number of fused-ring (bicyclic) bond motifs is 1. The van der Waals surface area contributed by atoms with Gasteiger partial charge in [0.05, 0.1) is 0 Å². The highest BCUT2D eigenvalue weighted by molar-refractivity contribution is 5.84. The smallest absolute Gasteiger partial charge is 0.315 e. The maximum absolute atomic E-state index is 12.4. The van der Waals surface area contributed by atoms with E-state index >= 15 is 0 Å². The summed E-state index contributed by atoms with van der Waals surface area (Å²) in [5.41, 5.74) is 5.58. The molecule has 29 heavy (non-hydrogen) atoms. The number of pyridine rings is 1. The van der Waals surface area contributed by atoms with Crippen molar-refractivity contribution in [3.63, 3.8) is 0 Å². The van der Waals surface area contributed by atoms with Crippen LogP contribution in [-0.2, 0) is 6.54 Å². The fourth-order valence-electron chi connectivity index (χ4n) is 3.52. The summed E-state index contributed by atoms with van der Waals surface area (Å²) in [6, 6.07) is 20.1. The predicted molar refractivity (Wildman–Crippen MR) is 116 cm³/mol. The lowest BCUT2D eigenvalue weighted by molar-refractivity contribution is 0.240. The average molecular weight is 384 g/mol. The molecule has 0 aliphatic heterocycles. The van der Waals surface area contributed by atoms with E-state index in [2.05, 4.69) is 32.7 Å². The normalized spacial score (nSPS) is 11.9. The molecule has 5 heteroatoms. The number of aromatic amines is 1. The molecule has 5 nitrogen and oxygen atoms in total. The van der Waals surface area contributed by atoms with Gasteiger partial charge in [-0.1, -0.05) is 54.1 Å². The van der Waals surface area contributed by atoms with Crippen LogP contribution in [0, 0.1) is 6.92 Å². The Morgan fingerprint density at radius 3 is 2.66 bits per heavy atom. The Bertz CT molecular complexity index is 1090. The average Bonchev–Trinajstić information content (AvgIpc) is 3.18. The summed E-state index contributed by atoms with van der Waals surface area (Å²) in [6.45, 7) is 3.03. The molecule has 0 spiro atoms. The van der Waals surface area contributed by atoms with Gasteiger partial charge in [-0.3, -0.25) is 4.98 Å². The van der Waals surface area contributed by atoms with E-state index in [4.69, 9.17) is 0 Å². The van der Waals surface area contributed by atoms with Crippen molar-refractivity contribution in [2.24, 2.45) is 0 Å². The second-order valence-corrected chi connectivity index (χ2v) is 7.18. The van der Waals surface area contributed by atoms with Crippen molar-refractivity contribution in [1.29, 1.82) is 0 Å². The number of urea groups is 1. The zero-order valence-electron chi connectivity index (χ0n) is 16.4. The molecule has 0 radical (unpaired) electrons. The van der Waals surface area contributed by atoms with Crippen LogP contribution >= 0.6 is 0 Å². The van der Waals surface area contributed by atoms with Crippen LogP contribution in [0.2, 0.25) is 0 Å². The summed E-state index contributed by atoms with van der Waals surface area (Å²) in [5, 5.41) is 7.11. The van der Waals surface area contributed by atoms with Gasteiger partial charge in [-0.15, -0.1) is 0 Å². The van der Waals surface area contributed by atoms with Crippen LogP contribution in [0.4, 0.5) is 4.79 Å². The summed E-state index contributed by atoms with van der Waals surface area (Å²) >= 11 is 0. The van der Waals surface area contributed by atoms with Gasteiger partial charge in [0.2, 0.25) is 0 Å². The van der Waals surface area contributed by atoms with Gasteiger partial charge in [-0.2, -0.15) is 0 Å². The second kappa shape index (κ2) is 8.61. The molecule has 0 unspecified atom stereocenters. The monoisotopic (exact) mass is 384 g/mol. The van der Waals surface area contributed by atoms with Gasteiger partial charge < -0.3 is 15.6 Å². The third kappa shape index (κ3) is 4.46. The maximum atomic E-state index is 12.4. The molecule has 146 valence electrons. The molecule has 0 saturated carbocycles. The minimum Gasteiger partial charge on any atom is -0.361 e. The van der Waals surface area contributed by atoms with Crippen molar-refractivity contribution in [3.8, 4) is 0 Å². The van der Waals surface area contributed by atoms with Crippen molar-refractivity contribution >= 4 is 16.9 Å². The number of carbonyl (C=O) groups excluding carboxylic acids is 1. The number of rotatable bonds is 6. The summed E-state index contributed by atoms with van der Waals surface area (Å²) < 4.78 is 0. The third-order valence-corrected chi connectivity index (χ3v) is 5.12. The number of amides is 2. The molecule has 0 fully saturated rings. The van der Waals surface area contributed by atoms with E-state index in [1.54, 1.807) is 6.20 Å². The van der Waals surface area contributed by atoms with E-state index in [9.17, 15) is 4.79 Å². The molecule has 2 heterocycles. The Morgan fingerprint density at radius 2 is 1.86 bits per heavy atom. The molecule has 0 aliphatic rings. The van der Waals surface area contributed by atoms with E-state index in [-0.39, 0.29) is 11.9 Å². The quantitative estimate of drug-likeness (QED) is 0.458. The minimum absolute atomic E-state index is 0.00461. The Balaban J connectivity index is 1.47. The molecule has 3 N–H and O–H groups in total. The first-order valence-corrected chi connectivity index (χ1v) is 9.74. The molecule has 2 amide bonds. The van der Waals surface area contributed by atoms with Crippen molar-refractivity contribution in [3.05, 3.63) is 102 Å². The van der Waals surface area contributed by atoms with Crippen LogP contribution in [0.25, 0.3) is 10.9 Å². The molecule has 0 saturated heterocycles. The van der Waals surface area contributed by atoms with Crippen molar-refractivity contribution in [1.82, 2.24) is 20.6 Å². The van der Waals surface area contributed by atoms with Gasteiger partial charge in [0.25, 0.3) is 0 Å². The largest absolute Gasteiger partial charge is 0.361 e. The fourth-order valence-corrected chi connectivity index (χ4v) is 3.52. The van der Waals surface area contributed by atoms with Gasteiger partial charge in [-0.25, -0.2) is 4.79 Å². The van der Waals surface area contributed by atoms with Crippen LogP contribution < -0.4 is 10.6 Å². The topological polar surface area (TPSA) is 69.8 Å². The molecule has 4 rings (SSSR count). The number of H-pyrrole nitrogens is 1. The number of hydrogen-bond acceptors (Lipinski definition) is 2. The van der Waals surface area contributed by atoms with Gasteiger partial charge in [0, 0.05) is 48.5 Å². The van der Waals surface area contributed by atoms with Crippen LogP contribution in [0.1, 0.15) is 28.2 Å². The van der Waals surface area contributed by atoms with E-state index in [0.29, 0.717) is 13.1 Å². The first-order valence-electron chi connectivity index (χ1n) is 9.74. The van der Waals surface area contributed by atoms with E-state index < -0.39 is 0 Å². The number of nitrogens with zero attached hydrogens (tertiary/aromatic N) is 1.